The SMILES string of the molecule is Cc1ccccc1C(=O)c1c[nH]c2cccc(Br)c12. The summed E-state index contributed by atoms with van der Waals surface area (Å²) in [5.41, 5.74) is 3.41. The molecule has 1 aromatic heterocycles. The first-order valence-corrected chi connectivity index (χ1v) is 6.83. The molecule has 94 valence electrons. The van der Waals surface area contributed by atoms with E-state index in [2.05, 4.69) is 20.9 Å². The zero-order valence-corrected chi connectivity index (χ0v) is 12.0. The van der Waals surface area contributed by atoms with E-state index in [0.29, 0.717) is 5.56 Å². The van der Waals surface area contributed by atoms with Gasteiger partial charge in [0.1, 0.15) is 0 Å². The third-order valence-electron chi connectivity index (χ3n) is 3.29. The third-order valence-corrected chi connectivity index (χ3v) is 3.95. The Bertz CT molecular complexity index is 773. The van der Waals surface area contributed by atoms with Gasteiger partial charge in [-0.1, -0.05) is 46.3 Å². The number of H-pyrrole nitrogens is 1. The molecule has 1 heterocycles. The lowest BCUT2D eigenvalue weighted by Gasteiger charge is -2.04. The highest BCUT2D eigenvalue weighted by Crippen LogP contribution is 2.29. The molecule has 3 aromatic rings. The number of ketones is 1. The van der Waals surface area contributed by atoms with Crippen molar-refractivity contribution < 1.29 is 4.79 Å². The smallest absolute Gasteiger partial charge is 0.195 e. The molecule has 0 aliphatic carbocycles. The Balaban J connectivity index is 2.21. The fourth-order valence-electron chi connectivity index (χ4n) is 2.29. The Morgan fingerprint density at radius 3 is 2.63 bits per heavy atom. The van der Waals surface area contributed by atoms with Crippen molar-refractivity contribution in [3.8, 4) is 0 Å². The molecule has 0 bridgehead atoms. The quantitative estimate of drug-likeness (QED) is 0.696. The highest BCUT2D eigenvalue weighted by Gasteiger charge is 2.17. The maximum absolute atomic E-state index is 12.7. The zero-order chi connectivity index (χ0) is 13.4. The number of halogens is 1. The van der Waals surface area contributed by atoms with E-state index < -0.39 is 0 Å². The van der Waals surface area contributed by atoms with Gasteiger partial charge in [0.15, 0.2) is 5.78 Å². The van der Waals surface area contributed by atoms with Crippen LogP contribution in [0, 0.1) is 6.92 Å². The molecule has 0 saturated heterocycles. The predicted molar refractivity (Wildman–Crippen MR) is 80.6 cm³/mol. The summed E-state index contributed by atoms with van der Waals surface area (Å²) in [5.74, 6) is 0.0521. The van der Waals surface area contributed by atoms with Gasteiger partial charge in [-0.3, -0.25) is 4.79 Å². The number of hydrogen-bond donors (Lipinski definition) is 1. The summed E-state index contributed by atoms with van der Waals surface area (Å²) in [6.07, 6.45) is 1.78. The number of carbonyl (C=O) groups is 1. The molecule has 0 spiro atoms. The van der Waals surface area contributed by atoms with E-state index >= 15 is 0 Å². The van der Waals surface area contributed by atoms with Crippen molar-refractivity contribution >= 4 is 32.6 Å². The van der Waals surface area contributed by atoms with E-state index in [9.17, 15) is 4.79 Å². The highest BCUT2D eigenvalue weighted by molar-refractivity contribution is 9.10. The standard InChI is InChI=1S/C16H12BrNO/c1-10-5-2-3-6-11(10)16(19)12-9-18-14-8-4-7-13(17)15(12)14/h2-9,18H,1H3. The molecule has 0 radical (unpaired) electrons. The molecule has 0 saturated carbocycles. The van der Waals surface area contributed by atoms with Crippen LogP contribution in [0.1, 0.15) is 21.5 Å². The molecule has 1 N–H and O–H groups in total. The van der Waals surface area contributed by atoms with Gasteiger partial charge in [0.25, 0.3) is 0 Å². The number of carbonyl (C=O) groups excluding carboxylic acids is 1. The molecular formula is C16H12BrNO. The van der Waals surface area contributed by atoms with Gasteiger partial charge >= 0.3 is 0 Å². The van der Waals surface area contributed by atoms with Crippen LogP contribution in [0.15, 0.2) is 53.1 Å². The second kappa shape index (κ2) is 4.67. The monoisotopic (exact) mass is 313 g/mol. The van der Waals surface area contributed by atoms with Crippen LogP contribution >= 0.6 is 15.9 Å². The minimum atomic E-state index is 0.0521. The number of aromatic nitrogens is 1. The van der Waals surface area contributed by atoms with E-state index in [1.54, 1.807) is 6.20 Å². The van der Waals surface area contributed by atoms with Crippen LogP contribution in [-0.2, 0) is 0 Å². The molecule has 0 fully saturated rings. The second-order valence-electron chi connectivity index (χ2n) is 4.51. The largest absolute Gasteiger partial charge is 0.360 e. The number of rotatable bonds is 2. The molecule has 0 aliphatic heterocycles. The molecule has 2 nitrogen and oxygen atoms in total. The van der Waals surface area contributed by atoms with Crippen LogP contribution in [0.5, 0.6) is 0 Å². The Morgan fingerprint density at radius 1 is 1.05 bits per heavy atom. The lowest BCUT2D eigenvalue weighted by Crippen LogP contribution is -2.02. The Kier molecular flexibility index (Phi) is 2.99. The normalized spacial score (nSPS) is 10.8. The number of nitrogens with one attached hydrogen (secondary N) is 1. The van der Waals surface area contributed by atoms with Crippen LogP contribution in [0.3, 0.4) is 0 Å². The summed E-state index contributed by atoms with van der Waals surface area (Å²) in [5, 5.41) is 0.941. The van der Waals surface area contributed by atoms with Crippen LogP contribution in [0.4, 0.5) is 0 Å². The van der Waals surface area contributed by atoms with E-state index in [1.807, 2.05) is 49.4 Å². The molecule has 3 rings (SSSR count). The van der Waals surface area contributed by atoms with Crippen LogP contribution in [-0.4, -0.2) is 10.8 Å². The topological polar surface area (TPSA) is 32.9 Å². The Hall–Kier alpha value is -1.87. The molecule has 0 atom stereocenters. The van der Waals surface area contributed by atoms with Crippen molar-refractivity contribution in [2.75, 3.05) is 0 Å². The zero-order valence-electron chi connectivity index (χ0n) is 10.4. The van der Waals surface area contributed by atoms with Gasteiger partial charge in [0.2, 0.25) is 0 Å². The molecule has 0 amide bonds. The first-order valence-electron chi connectivity index (χ1n) is 6.04. The lowest BCUT2D eigenvalue weighted by atomic mass is 9.99. The fourth-order valence-corrected chi connectivity index (χ4v) is 2.87. The van der Waals surface area contributed by atoms with Gasteiger partial charge in [-0.15, -0.1) is 0 Å². The van der Waals surface area contributed by atoms with Crippen LogP contribution < -0.4 is 0 Å². The molecule has 19 heavy (non-hydrogen) atoms. The number of fused-ring (bicyclic) bond motifs is 1. The Labute approximate surface area is 119 Å². The van der Waals surface area contributed by atoms with Gasteiger partial charge in [-0.2, -0.15) is 0 Å². The van der Waals surface area contributed by atoms with E-state index in [1.165, 1.54) is 0 Å². The van der Waals surface area contributed by atoms with Gasteiger partial charge in [-0.25, -0.2) is 0 Å². The highest BCUT2D eigenvalue weighted by atomic mass is 79.9. The van der Waals surface area contributed by atoms with Gasteiger partial charge in [0.05, 0.1) is 0 Å². The molecular weight excluding hydrogens is 302 g/mol. The minimum absolute atomic E-state index is 0.0521. The summed E-state index contributed by atoms with van der Waals surface area (Å²) in [6.45, 7) is 1.96. The second-order valence-corrected chi connectivity index (χ2v) is 5.36. The Morgan fingerprint density at radius 2 is 1.84 bits per heavy atom. The summed E-state index contributed by atoms with van der Waals surface area (Å²) >= 11 is 3.51. The van der Waals surface area contributed by atoms with E-state index in [-0.39, 0.29) is 5.78 Å². The molecule has 0 aliphatic rings. The van der Waals surface area contributed by atoms with Gasteiger partial charge < -0.3 is 4.98 Å². The van der Waals surface area contributed by atoms with Crippen molar-refractivity contribution in [1.29, 1.82) is 0 Å². The summed E-state index contributed by atoms with van der Waals surface area (Å²) in [4.78, 5) is 15.8. The average molecular weight is 314 g/mol. The molecule has 2 aromatic carbocycles. The van der Waals surface area contributed by atoms with Crippen molar-refractivity contribution in [3.05, 3.63) is 69.8 Å². The summed E-state index contributed by atoms with van der Waals surface area (Å²) in [7, 11) is 0. The third kappa shape index (κ3) is 2.00. The number of aromatic amines is 1. The van der Waals surface area contributed by atoms with Crippen molar-refractivity contribution in [3.63, 3.8) is 0 Å². The van der Waals surface area contributed by atoms with E-state index in [0.717, 1.165) is 26.5 Å². The maximum atomic E-state index is 12.7. The number of aryl methyl sites for hydroxylation is 1. The minimum Gasteiger partial charge on any atom is -0.360 e. The van der Waals surface area contributed by atoms with Crippen LogP contribution in [0.25, 0.3) is 10.9 Å². The van der Waals surface area contributed by atoms with Gasteiger partial charge in [-0.05, 0) is 24.6 Å². The fraction of sp³-hybridized carbons (Fsp3) is 0.0625. The first-order chi connectivity index (χ1) is 9.18. The van der Waals surface area contributed by atoms with Crippen molar-refractivity contribution in [2.45, 2.75) is 6.92 Å². The molecule has 3 heteroatoms. The van der Waals surface area contributed by atoms with Gasteiger partial charge in [0, 0.05) is 32.7 Å². The average Bonchev–Trinajstić information content (AvgIpc) is 2.84. The van der Waals surface area contributed by atoms with Crippen molar-refractivity contribution in [2.24, 2.45) is 0 Å². The van der Waals surface area contributed by atoms with E-state index in [4.69, 9.17) is 0 Å². The number of benzene rings is 2. The summed E-state index contributed by atoms with van der Waals surface area (Å²) < 4.78 is 0.934. The number of hydrogen-bond acceptors (Lipinski definition) is 1. The lowest BCUT2D eigenvalue weighted by molar-refractivity contribution is 0.103. The molecule has 0 unspecified atom stereocenters. The first kappa shape index (κ1) is 12.2. The van der Waals surface area contributed by atoms with Crippen LogP contribution in [0.2, 0.25) is 0 Å². The maximum Gasteiger partial charge on any atom is 0.195 e. The predicted octanol–water partition coefficient (Wildman–Crippen LogP) is 4.47. The van der Waals surface area contributed by atoms with Crippen molar-refractivity contribution in [1.82, 2.24) is 4.98 Å². The summed E-state index contributed by atoms with van der Waals surface area (Å²) in [6, 6.07) is 13.5.